The molecule has 0 bridgehead atoms. The maximum absolute atomic E-state index is 12.1. The smallest absolute Gasteiger partial charge is 0.407 e. The molecule has 1 aliphatic carbocycles. The molecule has 8 nitrogen and oxygen atoms in total. The molecule has 1 N–H and O–H groups in total. The summed E-state index contributed by atoms with van der Waals surface area (Å²) in [5.41, 5.74) is 4.81. The average Bonchev–Trinajstić information content (AvgIpc) is 3.19. The number of amides is 1. The molecular weight excluding hydrogens is 438 g/mol. The van der Waals surface area contributed by atoms with E-state index in [9.17, 15) is 4.79 Å². The zero-order chi connectivity index (χ0) is 23.8. The molecule has 0 heterocycles. The highest BCUT2D eigenvalue weighted by molar-refractivity contribution is 5.79. The Balaban J connectivity index is 1.18. The third-order valence-electron chi connectivity index (χ3n) is 5.41. The van der Waals surface area contributed by atoms with Crippen molar-refractivity contribution < 1.29 is 33.2 Å². The van der Waals surface area contributed by atoms with E-state index in [2.05, 4.69) is 29.6 Å². The molecule has 1 aliphatic rings. The summed E-state index contributed by atoms with van der Waals surface area (Å²) >= 11 is 0. The Hall–Kier alpha value is -2.49. The summed E-state index contributed by atoms with van der Waals surface area (Å²) in [6.45, 7) is 5.24. The Morgan fingerprint density at radius 1 is 0.706 bits per heavy atom. The van der Waals surface area contributed by atoms with Crippen LogP contribution in [0.3, 0.4) is 0 Å². The SMILES string of the molecule is COCCOCCOCCOCCOCCNC(=O)OCC1c2ccccc2-c2ccccc21. The summed E-state index contributed by atoms with van der Waals surface area (Å²) < 4.78 is 32.0. The molecular formula is C26H35NO7. The molecule has 34 heavy (non-hydrogen) atoms. The number of nitrogens with one attached hydrogen (secondary N) is 1. The van der Waals surface area contributed by atoms with Crippen molar-refractivity contribution >= 4 is 6.09 Å². The van der Waals surface area contributed by atoms with Crippen molar-refractivity contribution in [3.63, 3.8) is 0 Å². The van der Waals surface area contributed by atoms with Gasteiger partial charge in [0.2, 0.25) is 0 Å². The number of alkyl carbamates (subject to hydrolysis) is 1. The van der Waals surface area contributed by atoms with Crippen molar-refractivity contribution in [2.75, 3.05) is 79.7 Å². The number of rotatable bonds is 17. The van der Waals surface area contributed by atoms with Crippen molar-refractivity contribution in [3.05, 3.63) is 59.7 Å². The van der Waals surface area contributed by atoms with Crippen LogP contribution in [0.4, 0.5) is 4.79 Å². The first-order valence-electron chi connectivity index (χ1n) is 11.7. The summed E-state index contributed by atoms with van der Waals surface area (Å²) in [6, 6.07) is 16.5. The van der Waals surface area contributed by atoms with Crippen molar-refractivity contribution in [2.24, 2.45) is 0 Å². The van der Waals surface area contributed by atoms with E-state index in [1.54, 1.807) is 7.11 Å². The van der Waals surface area contributed by atoms with Crippen molar-refractivity contribution in [1.29, 1.82) is 0 Å². The molecule has 0 aliphatic heterocycles. The molecule has 0 aromatic heterocycles. The maximum atomic E-state index is 12.1. The normalized spacial score (nSPS) is 12.4. The van der Waals surface area contributed by atoms with Gasteiger partial charge in [-0.15, -0.1) is 0 Å². The largest absolute Gasteiger partial charge is 0.449 e. The van der Waals surface area contributed by atoms with E-state index < -0.39 is 6.09 Å². The highest BCUT2D eigenvalue weighted by atomic mass is 16.6. The molecule has 0 saturated carbocycles. The molecule has 0 radical (unpaired) electrons. The number of hydrogen-bond acceptors (Lipinski definition) is 7. The first-order chi connectivity index (χ1) is 16.8. The topological polar surface area (TPSA) is 84.5 Å². The van der Waals surface area contributed by atoms with E-state index in [0.717, 1.165) is 0 Å². The molecule has 0 spiro atoms. The number of fused-ring (bicyclic) bond motifs is 3. The molecule has 186 valence electrons. The van der Waals surface area contributed by atoms with Gasteiger partial charge in [0.15, 0.2) is 0 Å². The van der Waals surface area contributed by atoms with Crippen LogP contribution in [0.2, 0.25) is 0 Å². The number of benzene rings is 2. The van der Waals surface area contributed by atoms with Crippen LogP contribution in [0, 0.1) is 0 Å². The van der Waals surface area contributed by atoms with Crippen LogP contribution < -0.4 is 5.32 Å². The van der Waals surface area contributed by atoms with Crippen LogP contribution in [0.25, 0.3) is 11.1 Å². The molecule has 8 heteroatoms. The summed E-state index contributed by atoms with van der Waals surface area (Å²) in [5.74, 6) is 0.0544. The lowest BCUT2D eigenvalue weighted by Crippen LogP contribution is -2.29. The molecule has 0 saturated heterocycles. The second-order valence-corrected chi connectivity index (χ2v) is 7.69. The monoisotopic (exact) mass is 473 g/mol. The number of carbonyl (C=O) groups is 1. The first kappa shape index (κ1) is 26.1. The van der Waals surface area contributed by atoms with Gasteiger partial charge in [-0.2, -0.15) is 0 Å². The third-order valence-corrected chi connectivity index (χ3v) is 5.41. The van der Waals surface area contributed by atoms with Gasteiger partial charge in [-0.25, -0.2) is 4.79 Å². The van der Waals surface area contributed by atoms with Gasteiger partial charge < -0.3 is 33.7 Å². The fourth-order valence-electron chi connectivity index (χ4n) is 3.78. The predicted octanol–water partition coefficient (Wildman–Crippen LogP) is 3.24. The van der Waals surface area contributed by atoms with E-state index in [4.69, 9.17) is 28.4 Å². The van der Waals surface area contributed by atoms with Crippen LogP contribution in [-0.4, -0.2) is 85.8 Å². The Morgan fingerprint density at radius 3 is 1.71 bits per heavy atom. The van der Waals surface area contributed by atoms with Gasteiger partial charge in [0.1, 0.15) is 6.61 Å². The van der Waals surface area contributed by atoms with Gasteiger partial charge in [-0.3, -0.25) is 0 Å². The minimum Gasteiger partial charge on any atom is -0.449 e. The first-order valence-corrected chi connectivity index (χ1v) is 11.7. The maximum Gasteiger partial charge on any atom is 0.407 e. The van der Waals surface area contributed by atoms with Gasteiger partial charge in [-0.1, -0.05) is 48.5 Å². The third kappa shape index (κ3) is 8.38. The van der Waals surface area contributed by atoms with Crippen molar-refractivity contribution in [2.45, 2.75) is 5.92 Å². The summed E-state index contributed by atoms with van der Waals surface area (Å²) in [6.07, 6.45) is -0.440. The van der Waals surface area contributed by atoms with Crippen LogP contribution >= 0.6 is 0 Å². The van der Waals surface area contributed by atoms with Crippen LogP contribution in [0.5, 0.6) is 0 Å². The molecule has 0 atom stereocenters. The van der Waals surface area contributed by atoms with Gasteiger partial charge in [0.25, 0.3) is 0 Å². The predicted molar refractivity (Wildman–Crippen MR) is 128 cm³/mol. The highest BCUT2D eigenvalue weighted by Crippen LogP contribution is 2.44. The quantitative estimate of drug-likeness (QED) is 0.353. The number of hydrogen-bond donors (Lipinski definition) is 1. The lowest BCUT2D eigenvalue weighted by atomic mass is 9.98. The Morgan fingerprint density at radius 2 is 1.18 bits per heavy atom. The Labute approximate surface area is 201 Å². The van der Waals surface area contributed by atoms with E-state index in [-0.39, 0.29) is 5.92 Å². The standard InChI is InChI=1S/C26H35NO7/c1-29-12-13-31-16-17-33-19-18-32-15-14-30-11-10-27-26(28)34-20-25-23-8-4-2-6-21(23)22-7-3-5-9-24(22)25/h2-9,25H,10-20H2,1H3,(H,27,28). The van der Waals surface area contributed by atoms with Gasteiger partial charge >= 0.3 is 6.09 Å². The van der Waals surface area contributed by atoms with Gasteiger partial charge in [-0.05, 0) is 22.3 Å². The van der Waals surface area contributed by atoms with E-state index in [1.807, 2.05) is 24.3 Å². The minimum absolute atomic E-state index is 0.0544. The highest BCUT2D eigenvalue weighted by Gasteiger charge is 2.28. The number of carbonyl (C=O) groups excluding carboxylic acids is 1. The fourth-order valence-corrected chi connectivity index (χ4v) is 3.78. The summed E-state index contributed by atoms with van der Waals surface area (Å²) in [5, 5.41) is 2.73. The van der Waals surface area contributed by atoms with E-state index >= 15 is 0 Å². The second-order valence-electron chi connectivity index (χ2n) is 7.69. The van der Waals surface area contributed by atoms with E-state index in [1.165, 1.54) is 22.3 Å². The van der Waals surface area contributed by atoms with Crippen LogP contribution in [0.15, 0.2) is 48.5 Å². The molecule has 0 fully saturated rings. The Kier molecular flexibility index (Phi) is 11.8. The number of ether oxygens (including phenoxy) is 6. The van der Waals surface area contributed by atoms with Gasteiger partial charge in [0, 0.05) is 19.6 Å². The lowest BCUT2D eigenvalue weighted by molar-refractivity contribution is -0.00749. The van der Waals surface area contributed by atoms with E-state index in [0.29, 0.717) is 72.6 Å². The molecule has 2 aromatic rings. The minimum atomic E-state index is -0.440. The lowest BCUT2D eigenvalue weighted by Gasteiger charge is -2.14. The fraction of sp³-hybridized carbons (Fsp3) is 0.500. The zero-order valence-electron chi connectivity index (χ0n) is 19.8. The van der Waals surface area contributed by atoms with Crippen molar-refractivity contribution in [3.8, 4) is 11.1 Å². The molecule has 1 amide bonds. The molecule has 0 unspecified atom stereocenters. The zero-order valence-corrected chi connectivity index (χ0v) is 19.8. The second kappa shape index (κ2) is 15.4. The molecule has 3 rings (SSSR count). The number of methoxy groups -OCH3 is 1. The Bertz CT molecular complexity index is 815. The molecule has 2 aromatic carbocycles. The van der Waals surface area contributed by atoms with Gasteiger partial charge in [0.05, 0.1) is 59.5 Å². The van der Waals surface area contributed by atoms with Crippen LogP contribution in [-0.2, 0) is 28.4 Å². The summed E-state index contributed by atoms with van der Waals surface area (Å²) in [7, 11) is 1.64. The van der Waals surface area contributed by atoms with Crippen LogP contribution in [0.1, 0.15) is 17.0 Å². The van der Waals surface area contributed by atoms with Crippen molar-refractivity contribution in [1.82, 2.24) is 5.32 Å². The average molecular weight is 474 g/mol. The summed E-state index contributed by atoms with van der Waals surface area (Å²) in [4.78, 5) is 12.1.